The predicted octanol–water partition coefficient (Wildman–Crippen LogP) is 3.65. The topological polar surface area (TPSA) is 53.7 Å². The predicted molar refractivity (Wildman–Crippen MR) is 83.8 cm³/mol. The van der Waals surface area contributed by atoms with Gasteiger partial charge in [0.05, 0.1) is 14.2 Å². The number of rotatable bonds is 6. The van der Waals surface area contributed by atoms with Crippen LogP contribution in [0.2, 0.25) is 5.02 Å². The summed E-state index contributed by atoms with van der Waals surface area (Å²) in [7, 11) is 3.17. The number of para-hydroxylation sites is 1. The zero-order valence-electron chi connectivity index (χ0n) is 12.1. The molecule has 112 valence electrons. The third kappa shape index (κ3) is 3.60. The van der Waals surface area contributed by atoms with Gasteiger partial charge >= 0.3 is 0 Å². The molecule has 0 fully saturated rings. The van der Waals surface area contributed by atoms with Crippen molar-refractivity contribution in [3.63, 3.8) is 0 Å². The van der Waals surface area contributed by atoms with E-state index in [2.05, 4.69) is 0 Å². The Bertz CT molecular complexity index is 594. The van der Waals surface area contributed by atoms with Crippen molar-refractivity contribution < 1.29 is 14.2 Å². The van der Waals surface area contributed by atoms with Gasteiger partial charge in [0.15, 0.2) is 11.5 Å². The van der Waals surface area contributed by atoms with Crippen LogP contribution in [0.25, 0.3) is 0 Å². The molecule has 0 heterocycles. The summed E-state index contributed by atoms with van der Waals surface area (Å²) in [4.78, 5) is 0. The van der Waals surface area contributed by atoms with Crippen molar-refractivity contribution in [3.05, 3.63) is 47.0 Å². The lowest BCUT2D eigenvalue weighted by atomic mass is 10.1. The number of hydrogen-bond acceptors (Lipinski definition) is 4. The SMILES string of the molecule is COc1cccc(OC)c1Oc1cc(Cl)ccc1CCN. The van der Waals surface area contributed by atoms with Gasteiger partial charge in [-0.05, 0) is 42.8 Å². The van der Waals surface area contributed by atoms with E-state index in [1.165, 1.54) is 0 Å². The van der Waals surface area contributed by atoms with Gasteiger partial charge in [0.2, 0.25) is 5.75 Å². The molecule has 0 radical (unpaired) electrons. The summed E-state index contributed by atoms with van der Waals surface area (Å²) >= 11 is 6.06. The Morgan fingerprint density at radius 2 is 1.67 bits per heavy atom. The van der Waals surface area contributed by atoms with Gasteiger partial charge in [0, 0.05) is 5.02 Å². The molecule has 0 aliphatic heterocycles. The van der Waals surface area contributed by atoms with Crippen molar-refractivity contribution >= 4 is 11.6 Å². The molecule has 0 aromatic heterocycles. The minimum absolute atomic E-state index is 0.517. The largest absolute Gasteiger partial charge is 0.493 e. The molecule has 21 heavy (non-hydrogen) atoms. The van der Waals surface area contributed by atoms with Gasteiger partial charge < -0.3 is 19.9 Å². The minimum Gasteiger partial charge on any atom is -0.493 e. The van der Waals surface area contributed by atoms with Crippen LogP contribution in [-0.4, -0.2) is 20.8 Å². The van der Waals surface area contributed by atoms with Crippen LogP contribution in [0.15, 0.2) is 36.4 Å². The van der Waals surface area contributed by atoms with E-state index in [1.807, 2.05) is 30.3 Å². The number of methoxy groups -OCH3 is 2. The van der Waals surface area contributed by atoms with Crippen LogP contribution >= 0.6 is 11.6 Å². The summed E-state index contributed by atoms with van der Waals surface area (Å²) < 4.78 is 16.7. The Labute approximate surface area is 129 Å². The van der Waals surface area contributed by atoms with E-state index in [1.54, 1.807) is 20.3 Å². The van der Waals surface area contributed by atoms with E-state index < -0.39 is 0 Å². The maximum absolute atomic E-state index is 6.06. The fourth-order valence-corrected chi connectivity index (χ4v) is 2.18. The second-order valence-electron chi connectivity index (χ2n) is 4.38. The standard InChI is InChI=1S/C16H18ClNO3/c1-19-13-4-3-5-14(20-2)16(13)21-15-10-12(17)7-6-11(15)8-9-18/h3-7,10H,8-9,18H2,1-2H3. The van der Waals surface area contributed by atoms with Crippen LogP contribution in [0, 0.1) is 0 Å². The quantitative estimate of drug-likeness (QED) is 0.885. The van der Waals surface area contributed by atoms with Gasteiger partial charge in [-0.2, -0.15) is 0 Å². The normalized spacial score (nSPS) is 10.3. The Hall–Kier alpha value is -1.91. The summed E-state index contributed by atoms with van der Waals surface area (Å²) in [6.45, 7) is 0.529. The van der Waals surface area contributed by atoms with Gasteiger partial charge in [-0.3, -0.25) is 0 Å². The van der Waals surface area contributed by atoms with Gasteiger partial charge in [-0.25, -0.2) is 0 Å². The highest BCUT2D eigenvalue weighted by Gasteiger charge is 2.14. The number of benzene rings is 2. The van der Waals surface area contributed by atoms with Crippen LogP contribution in [-0.2, 0) is 6.42 Å². The van der Waals surface area contributed by atoms with E-state index >= 15 is 0 Å². The molecule has 0 saturated carbocycles. The average molecular weight is 308 g/mol. The summed E-state index contributed by atoms with van der Waals surface area (Å²) in [5.41, 5.74) is 6.62. The number of hydrogen-bond donors (Lipinski definition) is 1. The number of nitrogens with two attached hydrogens (primary N) is 1. The molecule has 0 aliphatic carbocycles. The molecule has 0 amide bonds. The first-order chi connectivity index (χ1) is 10.2. The van der Waals surface area contributed by atoms with E-state index in [-0.39, 0.29) is 0 Å². The van der Waals surface area contributed by atoms with Crippen LogP contribution in [0.5, 0.6) is 23.0 Å². The first-order valence-electron chi connectivity index (χ1n) is 6.57. The van der Waals surface area contributed by atoms with Crippen molar-refractivity contribution in [2.24, 2.45) is 5.73 Å². The fraction of sp³-hybridized carbons (Fsp3) is 0.250. The molecule has 2 aromatic carbocycles. The first-order valence-corrected chi connectivity index (χ1v) is 6.94. The molecule has 2 aromatic rings. The Balaban J connectivity index is 2.44. The number of ether oxygens (including phenoxy) is 3. The van der Waals surface area contributed by atoms with Gasteiger partial charge in [0.25, 0.3) is 0 Å². The molecule has 0 aliphatic rings. The Morgan fingerprint density at radius 3 is 2.24 bits per heavy atom. The summed E-state index contributed by atoms with van der Waals surface area (Å²) in [6, 6.07) is 10.9. The van der Waals surface area contributed by atoms with Crippen LogP contribution in [0.3, 0.4) is 0 Å². The first kappa shape index (κ1) is 15.5. The number of halogens is 1. The van der Waals surface area contributed by atoms with Gasteiger partial charge in [-0.1, -0.05) is 23.7 Å². The lowest BCUT2D eigenvalue weighted by molar-refractivity contribution is 0.345. The average Bonchev–Trinajstić information content (AvgIpc) is 2.50. The molecule has 0 spiro atoms. The van der Waals surface area contributed by atoms with Crippen LogP contribution < -0.4 is 19.9 Å². The molecule has 0 unspecified atom stereocenters. The van der Waals surface area contributed by atoms with Crippen LogP contribution in [0.4, 0.5) is 0 Å². The fourth-order valence-electron chi connectivity index (χ4n) is 2.01. The molecule has 0 saturated heterocycles. The highest BCUT2D eigenvalue weighted by Crippen LogP contribution is 2.41. The zero-order chi connectivity index (χ0) is 15.2. The second kappa shape index (κ2) is 7.20. The molecule has 0 atom stereocenters. The lowest BCUT2D eigenvalue weighted by Crippen LogP contribution is -2.04. The Kier molecular flexibility index (Phi) is 5.31. The summed E-state index contributed by atoms with van der Waals surface area (Å²) in [5.74, 6) is 2.35. The highest BCUT2D eigenvalue weighted by molar-refractivity contribution is 6.30. The highest BCUT2D eigenvalue weighted by atomic mass is 35.5. The maximum atomic E-state index is 6.06. The molecule has 0 bridgehead atoms. The zero-order valence-corrected chi connectivity index (χ0v) is 12.8. The van der Waals surface area contributed by atoms with E-state index in [0.29, 0.717) is 41.0 Å². The smallest absolute Gasteiger partial charge is 0.211 e. The Morgan fingerprint density at radius 1 is 1.00 bits per heavy atom. The van der Waals surface area contributed by atoms with Crippen molar-refractivity contribution in [1.29, 1.82) is 0 Å². The molecular weight excluding hydrogens is 290 g/mol. The van der Waals surface area contributed by atoms with E-state index in [4.69, 9.17) is 31.5 Å². The minimum atomic E-state index is 0.517. The summed E-state index contributed by atoms with van der Waals surface area (Å²) in [6.07, 6.45) is 0.698. The third-order valence-corrected chi connectivity index (χ3v) is 3.27. The van der Waals surface area contributed by atoms with Crippen LogP contribution in [0.1, 0.15) is 5.56 Å². The van der Waals surface area contributed by atoms with E-state index in [9.17, 15) is 0 Å². The van der Waals surface area contributed by atoms with Crippen molar-refractivity contribution in [2.75, 3.05) is 20.8 Å². The molecule has 4 nitrogen and oxygen atoms in total. The molecule has 2 N–H and O–H groups in total. The molecule has 2 rings (SSSR count). The lowest BCUT2D eigenvalue weighted by Gasteiger charge is -2.16. The van der Waals surface area contributed by atoms with Crippen molar-refractivity contribution in [2.45, 2.75) is 6.42 Å². The molecule has 5 heteroatoms. The summed E-state index contributed by atoms with van der Waals surface area (Å²) in [5, 5.41) is 0.597. The maximum Gasteiger partial charge on any atom is 0.211 e. The monoisotopic (exact) mass is 307 g/mol. The second-order valence-corrected chi connectivity index (χ2v) is 4.82. The van der Waals surface area contributed by atoms with Gasteiger partial charge in [-0.15, -0.1) is 0 Å². The van der Waals surface area contributed by atoms with Crippen molar-refractivity contribution in [1.82, 2.24) is 0 Å². The van der Waals surface area contributed by atoms with Gasteiger partial charge in [0.1, 0.15) is 5.75 Å². The van der Waals surface area contributed by atoms with Crippen molar-refractivity contribution in [3.8, 4) is 23.0 Å². The molecular formula is C16H18ClNO3. The van der Waals surface area contributed by atoms with E-state index in [0.717, 1.165) is 5.56 Å². The third-order valence-electron chi connectivity index (χ3n) is 3.04.